The van der Waals surface area contributed by atoms with Crippen LogP contribution in [-0.2, 0) is 10.0 Å². The first kappa shape index (κ1) is 20.8. The van der Waals surface area contributed by atoms with Gasteiger partial charge in [-0.3, -0.25) is 4.40 Å². The highest BCUT2D eigenvalue weighted by molar-refractivity contribution is 7.88. The summed E-state index contributed by atoms with van der Waals surface area (Å²) < 4.78 is 27.1. The van der Waals surface area contributed by atoms with Crippen molar-refractivity contribution in [2.45, 2.75) is 31.7 Å². The number of thiazole rings is 1. The second-order valence-corrected chi connectivity index (χ2v) is 10.2. The van der Waals surface area contributed by atoms with Crippen molar-refractivity contribution in [3.05, 3.63) is 42.0 Å². The molecule has 1 aliphatic heterocycles. The Bertz CT molecular complexity index is 1090. The number of carbonyl (C=O) groups is 1. The topological polar surface area (TPSA) is 95.8 Å². The van der Waals surface area contributed by atoms with Gasteiger partial charge in [0.2, 0.25) is 10.0 Å². The monoisotopic (exact) mass is 447 g/mol. The first-order valence-electron chi connectivity index (χ1n) is 9.94. The smallest absolute Gasteiger partial charge is 0.322 e. The Balaban J connectivity index is 1.38. The molecule has 2 aromatic heterocycles. The van der Waals surface area contributed by atoms with E-state index in [1.807, 2.05) is 51.3 Å². The van der Waals surface area contributed by atoms with Gasteiger partial charge in [-0.1, -0.05) is 12.1 Å². The van der Waals surface area contributed by atoms with Crippen LogP contribution >= 0.6 is 11.3 Å². The summed E-state index contributed by atoms with van der Waals surface area (Å²) in [4.78, 5) is 20.2. The molecule has 0 aliphatic carbocycles. The number of benzene rings is 1. The number of hydrogen-bond donors (Lipinski definition) is 2. The minimum atomic E-state index is -3.22. The van der Waals surface area contributed by atoms with Crippen molar-refractivity contribution in [2.24, 2.45) is 0 Å². The maximum atomic E-state index is 12.8. The summed E-state index contributed by atoms with van der Waals surface area (Å²) in [6.45, 7) is 1.02. The number of carbonyl (C=O) groups excluding carboxylic acids is 1. The maximum absolute atomic E-state index is 12.8. The van der Waals surface area contributed by atoms with Crippen LogP contribution in [-0.4, -0.2) is 54.1 Å². The second kappa shape index (κ2) is 8.75. The van der Waals surface area contributed by atoms with Gasteiger partial charge >= 0.3 is 6.03 Å². The normalized spacial score (nSPS) is 17.4. The molecule has 0 unspecified atom stereocenters. The molecule has 2 amide bonds. The highest BCUT2D eigenvalue weighted by atomic mass is 32.2. The Kier molecular flexibility index (Phi) is 6.07. The predicted molar refractivity (Wildman–Crippen MR) is 119 cm³/mol. The van der Waals surface area contributed by atoms with Gasteiger partial charge in [-0.2, -0.15) is 0 Å². The molecule has 1 aromatic carbocycles. The summed E-state index contributed by atoms with van der Waals surface area (Å²) in [7, 11) is -3.22. The molecule has 30 heavy (non-hydrogen) atoms. The van der Waals surface area contributed by atoms with E-state index in [4.69, 9.17) is 0 Å². The first-order valence-corrected chi connectivity index (χ1v) is 12.7. The Morgan fingerprint density at radius 3 is 2.80 bits per heavy atom. The lowest BCUT2D eigenvalue weighted by Gasteiger charge is -2.35. The van der Waals surface area contributed by atoms with Gasteiger partial charge in [0.05, 0.1) is 11.9 Å². The van der Waals surface area contributed by atoms with Crippen molar-refractivity contribution in [2.75, 3.05) is 24.7 Å². The summed E-state index contributed by atoms with van der Waals surface area (Å²) in [5.74, 6) is 0. The molecular weight excluding hydrogens is 422 g/mol. The van der Waals surface area contributed by atoms with Crippen LogP contribution in [0.3, 0.4) is 0 Å². The largest absolute Gasteiger partial charge is 0.322 e. The standard InChI is InChI=1S/C20H25N5O3S2/c1-30(27,28)21-10-9-17-4-2-3-11-25(17)19(26)22-16-7-5-15(6-8-16)18-14-24-12-13-29-20(24)23-18/h5-8,12-14,17,21H,2-4,9-11H2,1H3,(H,22,26)/t17-/m1/s1. The van der Waals surface area contributed by atoms with E-state index in [1.165, 1.54) is 0 Å². The van der Waals surface area contributed by atoms with Gasteiger partial charge in [0.25, 0.3) is 0 Å². The van der Waals surface area contributed by atoms with Crippen molar-refractivity contribution < 1.29 is 13.2 Å². The minimum absolute atomic E-state index is 0.0331. The van der Waals surface area contributed by atoms with E-state index in [-0.39, 0.29) is 12.1 Å². The molecule has 2 N–H and O–H groups in total. The number of hydrogen-bond acceptors (Lipinski definition) is 5. The van der Waals surface area contributed by atoms with Gasteiger partial charge in [0, 0.05) is 48.2 Å². The Hall–Kier alpha value is -2.43. The SMILES string of the molecule is CS(=O)(=O)NCC[C@H]1CCCCN1C(=O)Nc1ccc(-c2cn3ccsc3n2)cc1. The van der Waals surface area contributed by atoms with Crippen molar-refractivity contribution in [1.29, 1.82) is 0 Å². The fourth-order valence-electron chi connectivity index (χ4n) is 3.77. The number of sulfonamides is 1. The van der Waals surface area contributed by atoms with Crippen molar-refractivity contribution in [3.63, 3.8) is 0 Å². The van der Waals surface area contributed by atoms with Crippen LogP contribution in [0.5, 0.6) is 0 Å². The third kappa shape index (κ3) is 5.00. The predicted octanol–water partition coefficient (Wildman–Crippen LogP) is 3.39. The van der Waals surface area contributed by atoms with E-state index < -0.39 is 10.0 Å². The van der Waals surface area contributed by atoms with Crippen LogP contribution in [0.1, 0.15) is 25.7 Å². The van der Waals surface area contributed by atoms with E-state index in [0.29, 0.717) is 19.5 Å². The second-order valence-electron chi connectivity index (χ2n) is 7.52. The average molecular weight is 448 g/mol. The van der Waals surface area contributed by atoms with Crippen LogP contribution in [0.4, 0.5) is 10.5 Å². The van der Waals surface area contributed by atoms with E-state index in [1.54, 1.807) is 11.3 Å². The lowest BCUT2D eigenvalue weighted by Crippen LogP contribution is -2.47. The van der Waals surface area contributed by atoms with Crippen LogP contribution in [0.2, 0.25) is 0 Å². The number of nitrogens with one attached hydrogen (secondary N) is 2. The lowest BCUT2D eigenvalue weighted by molar-refractivity contribution is 0.159. The zero-order valence-electron chi connectivity index (χ0n) is 16.7. The van der Waals surface area contributed by atoms with Crippen LogP contribution in [0.25, 0.3) is 16.2 Å². The molecule has 1 atom stereocenters. The summed E-state index contributed by atoms with van der Waals surface area (Å²) in [6, 6.07) is 7.55. The molecule has 3 heterocycles. The molecule has 1 fully saturated rings. The van der Waals surface area contributed by atoms with E-state index in [9.17, 15) is 13.2 Å². The summed E-state index contributed by atoms with van der Waals surface area (Å²) in [5, 5.41) is 4.97. The zero-order valence-corrected chi connectivity index (χ0v) is 18.4. The molecule has 0 bridgehead atoms. The Labute approximate surface area is 180 Å². The molecule has 160 valence electrons. The van der Waals surface area contributed by atoms with Gasteiger partial charge in [0.15, 0.2) is 4.96 Å². The number of imidazole rings is 1. The molecule has 4 rings (SSSR count). The fraction of sp³-hybridized carbons (Fsp3) is 0.400. The van der Waals surface area contributed by atoms with Gasteiger partial charge < -0.3 is 10.2 Å². The van der Waals surface area contributed by atoms with Crippen molar-refractivity contribution >= 4 is 38.0 Å². The van der Waals surface area contributed by atoms with Crippen LogP contribution in [0.15, 0.2) is 42.0 Å². The van der Waals surface area contributed by atoms with Crippen molar-refractivity contribution in [1.82, 2.24) is 19.0 Å². The molecule has 0 spiro atoms. The van der Waals surface area contributed by atoms with Crippen LogP contribution in [0, 0.1) is 0 Å². The quantitative estimate of drug-likeness (QED) is 0.605. The third-order valence-corrected chi connectivity index (χ3v) is 6.75. The molecule has 3 aromatic rings. The highest BCUT2D eigenvalue weighted by Crippen LogP contribution is 2.24. The highest BCUT2D eigenvalue weighted by Gasteiger charge is 2.26. The van der Waals surface area contributed by atoms with Gasteiger partial charge in [-0.25, -0.2) is 22.9 Å². The minimum Gasteiger partial charge on any atom is -0.322 e. The molecular formula is C20H25N5O3S2. The van der Waals surface area contributed by atoms with E-state index >= 15 is 0 Å². The van der Waals surface area contributed by atoms with Gasteiger partial charge in [0.1, 0.15) is 0 Å². The van der Waals surface area contributed by atoms with Gasteiger partial charge in [-0.15, -0.1) is 11.3 Å². The molecule has 1 saturated heterocycles. The fourth-order valence-corrected chi connectivity index (χ4v) is 4.95. The first-order chi connectivity index (χ1) is 14.4. The number of piperidine rings is 1. The zero-order chi connectivity index (χ0) is 21.1. The Morgan fingerprint density at radius 2 is 2.07 bits per heavy atom. The van der Waals surface area contributed by atoms with Gasteiger partial charge in [-0.05, 0) is 37.8 Å². The number of rotatable bonds is 6. The number of nitrogens with zero attached hydrogens (tertiary/aromatic N) is 3. The molecule has 0 radical (unpaired) electrons. The molecule has 8 nitrogen and oxygen atoms in total. The third-order valence-electron chi connectivity index (χ3n) is 5.26. The number of likely N-dealkylation sites (tertiary alicyclic amines) is 1. The lowest BCUT2D eigenvalue weighted by atomic mass is 10.00. The molecule has 1 aliphatic rings. The number of aromatic nitrogens is 2. The Morgan fingerprint density at radius 1 is 1.27 bits per heavy atom. The van der Waals surface area contributed by atoms with Crippen molar-refractivity contribution in [3.8, 4) is 11.3 Å². The number of anilines is 1. The number of urea groups is 1. The van der Waals surface area contributed by atoms with Crippen LogP contribution < -0.4 is 10.0 Å². The average Bonchev–Trinajstić information content (AvgIpc) is 3.30. The van der Waals surface area contributed by atoms with E-state index in [0.717, 1.165) is 47.4 Å². The number of amides is 2. The summed E-state index contributed by atoms with van der Waals surface area (Å²) in [5.41, 5.74) is 2.61. The number of fused-ring (bicyclic) bond motifs is 1. The summed E-state index contributed by atoms with van der Waals surface area (Å²) >= 11 is 1.59. The molecule has 10 heteroatoms. The summed E-state index contributed by atoms with van der Waals surface area (Å²) in [6.07, 6.45) is 8.61. The molecule has 0 saturated carbocycles. The maximum Gasteiger partial charge on any atom is 0.322 e. The van der Waals surface area contributed by atoms with E-state index in [2.05, 4.69) is 15.0 Å².